The summed E-state index contributed by atoms with van der Waals surface area (Å²) in [6.07, 6.45) is 9.32. The molecule has 2 unspecified atom stereocenters. The molecule has 4 aliphatic rings. The van der Waals surface area contributed by atoms with Crippen molar-refractivity contribution in [2.75, 3.05) is 7.11 Å². The second-order valence-electron chi connectivity index (χ2n) is 5.28. The van der Waals surface area contributed by atoms with Gasteiger partial charge >= 0.3 is 0 Å². The zero-order valence-corrected chi connectivity index (χ0v) is 8.07. The second kappa shape index (κ2) is 1.88. The molecule has 1 heteroatoms. The van der Waals surface area contributed by atoms with E-state index in [1.54, 1.807) is 0 Å². The summed E-state index contributed by atoms with van der Waals surface area (Å²) in [5, 5.41) is 0. The molecule has 0 spiro atoms. The molecule has 0 aliphatic heterocycles. The standard InChI is InChI=1S/C12H16O/c1-13-12-9-5-6-10(12)11(12)8-4-2-3-7(8)9/h5-11H,2-4H2,1H3/t7-,8+,9?,10+,11-,12?/m0/s1. The molecular weight excluding hydrogens is 160 g/mol. The molecule has 0 saturated heterocycles. The Hall–Kier alpha value is -0.300. The summed E-state index contributed by atoms with van der Waals surface area (Å²) in [6, 6.07) is 0. The Morgan fingerprint density at radius 2 is 1.92 bits per heavy atom. The van der Waals surface area contributed by atoms with E-state index in [9.17, 15) is 0 Å². The Morgan fingerprint density at radius 1 is 1.15 bits per heavy atom. The number of hydrogen-bond donors (Lipinski definition) is 0. The van der Waals surface area contributed by atoms with Gasteiger partial charge in [0.1, 0.15) is 0 Å². The first kappa shape index (κ1) is 7.05. The maximum absolute atomic E-state index is 5.83. The van der Waals surface area contributed by atoms with Crippen LogP contribution in [-0.4, -0.2) is 12.7 Å². The lowest BCUT2D eigenvalue weighted by molar-refractivity contribution is 0.0358. The monoisotopic (exact) mass is 176 g/mol. The maximum Gasteiger partial charge on any atom is 0.0847 e. The van der Waals surface area contributed by atoms with Gasteiger partial charge in [-0.3, -0.25) is 0 Å². The van der Waals surface area contributed by atoms with E-state index in [1.807, 2.05) is 7.11 Å². The maximum atomic E-state index is 5.83. The van der Waals surface area contributed by atoms with Crippen LogP contribution in [0.15, 0.2) is 12.2 Å². The molecule has 4 rings (SSSR count). The highest BCUT2D eigenvalue weighted by molar-refractivity contribution is 5.39. The van der Waals surface area contributed by atoms with Crippen LogP contribution in [0.5, 0.6) is 0 Å². The lowest BCUT2D eigenvalue weighted by Crippen LogP contribution is -2.24. The van der Waals surface area contributed by atoms with Gasteiger partial charge < -0.3 is 4.74 Å². The highest BCUT2D eigenvalue weighted by Gasteiger charge is 2.79. The number of methoxy groups -OCH3 is 1. The van der Waals surface area contributed by atoms with Crippen LogP contribution in [-0.2, 0) is 4.74 Å². The minimum absolute atomic E-state index is 0.315. The van der Waals surface area contributed by atoms with Crippen molar-refractivity contribution in [3.05, 3.63) is 12.2 Å². The van der Waals surface area contributed by atoms with Crippen LogP contribution in [0.25, 0.3) is 0 Å². The Labute approximate surface area is 79.2 Å². The van der Waals surface area contributed by atoms with Crippen molar-refractivity contribution in [1.82, 2.24) is 0 Å². The predicted octanol–water partition coefficient (Wildman–Crippen LogP) is 2.23. The van der Waals surface area contributed by atoms with E-state index in [2.05, 4.69) is 12.2 Å². The van der Waals surface area contributed by atoms with Crippen LogP contribution < -0.4 is 0 Å². The summed E-state index contributed by atoms with van der Waals surface area (Å²) < 4.78 is 5.83. The number of hydrogen-bond acceptors (Lipinski definition) is 1. The van der Waals surface area contributed by atoms with Gasteiger partial charge in [0.25, 0.3) is 0 Å². The molecule has 6 atom stereocenters. The largest absolute Gasteiger partial charge is 0.377 e. The van der Waals surface area contributed by atoms with Gasteiger partial charge in [0.05, 0.1) is 5.60 Å². The molecule has 3 saturated carbocycles. The molecule has 70 valence electrons. The van der Waals surface area contributed by atoms with E-state index in [0.717, 1.165) is 29.6 Å². The molecule has 0 amide bonds. The van der Waals surface area contributed by atoms with E-state index in [0.29, 0.717) is 5.60 Å². The quantitative estimate of drug-likeness (QED) is 0.557. The molecule has 0 aromatic heterocycles. The van der Waals surface area contributed by atoms with E-state index < -0.39 is 0 Å². The third-order valence-electron chi connectivity index (χ3n) is 5.27. The van der Waals surface area contributed by atoms with Crippen molar-refractivity contribution in [1.29, 1.82) is 0 Å². The van der Waals surface area contributed by atoms with Gasteiger partial charge in [-0.1, -0.05) is 18.6 Å². The highest BCUT2D eigenvalue weighted by atomic mass is 16.5. The number of fused-ring (bicyclic) bond motifs is 4. The molecule has 0 aromatic rings. The zero-order valence-electron chi connectivity index (χ0n) is 8.07. The van der Waals surface area contributed by atoms with Gasteiger partial charge in [-0.25, -0.2) is 0 Å². The van der Waals surface area contributed by atoms with Crippen LogP contribution in [0.4, 0.5) is 0 Å². The molecule has 13 heavy (non-hydrogen) atoms. The third kappa shape index (κ3) is 0.527. The second-order valence-corrected chi connectivity index (χ2v) is 5.28. The van der Waals surface area contributed by atoms with Crippen molar-refractivity contribution in [2.45, 2.75) is 24.9 Å². The molecule has 1 nitrogen and oxygen atoms in total. The average molecular weight is 176 g/mol. The number of ether oxygens (including phenoxy) is 1. The molecule has 0 bridgehead atoms. The van der Waals surface area contributed by atoms with Crippen LogP contribution in [0.3, 0.4) is 0 Å². The Kier molecular flexibility index (Phi) is 1.02. The van der Waals surface area contributed by atoms with Gasteiger partial charge in [0, 0.05) is 24.9 Å². The summed E-state index contributed by atoms with van der Waals surface area (Å²) in [5.74, 6) is 4.52. The Balaban J connectivity index is 1.82. The summed E-state index contributed by atoms with van der Waals surface area (Å²) in [7, 11) is 1.92. The van der Waals surface area contributed by atoms with Crippen molar-refractivity contribution in [3.63, 3.8) is 0 Å². The van der Waals surface area contributed by atoms with Gasteiger partial charge in [-0.15, -0.1) is 0 Å². The Bertz CT molecular complexity index is 295. The molecule has 0 heterocycles. The predicted molar refractivity (Wildman–Crippen MR) is 50.2 cm³/mol. The SMILES string of the molecule is COC12C3C=C[C@@H]1[C@@H]2[C@@H]1CCC[C@H]31. The summed E-state index contributed by atoms with van der Waals surface area (Å²) in [6.45, 7) is 0. The normalized spacial score (nSPS) is 65.5. The first-order chi connectivity index (χ1) is 6.39. The van der Waals surface area contributed by atoms with E-state index >= 15 is 0 Å². The number of rotatable bonds is 1. The lowest BCUT2D eigenvalue weighted by atomic mass is 9.87. The van der Waals surface area contributed by atoms with Gasteiger partial charge in [0.15, 0.2) is 0 Å². The minimum Gasteiger partial charge on any atom is -0.377 e. The Morgan fingerprint density at radius 3 is 2.77 bits per heavy atom. The smallest absolute Gasteiger partial charge is 0.0847 e. The fourth-order valence-corrected chi connectivity index (χ4v) is 4.94. The van der Waals surface area contributed by atoms with E-state index in [-0.39, 0.29) is 0 Å². The van der Waals surface area contributed by atoms with Crippen LogP contribution in [0, 0.1) is 29.6 Å². The van der Waals surface area contributed by atoms with Crippen molar-refractivity contribution >= 4 is 0 Å². The zero-order chi connectivity index (χ0) is 8.63. The van der Waals surface area contributed by atoms with Crippen molar-refractivity contribution in [3.8, 4) is 0 Å². The third-order valence-corrected chi connectivity index (χ3v) is 5.27. The van der Waals surface area contributed by atoms with E-state index in [4.69, 9.17) is 4.74 Å². The summed E-state index contributed by atoms with van der Waals surface area (Å²) >= 11 is 0. The van der Waals surface area contributed by atoms with Crippen LogP contribution in [0.2, 0.25) is 0 Å². The van der Waals surface area contributed by atoms with Gasteiger partial charge in [-0.2, -0.15) is 0 Å². The van der Waals surface area contributed by atoms with E-state index in [1.165, 1.54) is 19.3 Å². The lowest BCUT2D eigenvalue weighted by Gasteiger charge is -2.22. The average Bonchev–Trinajstić information content (AvgIpc) is 2.56. The molecule has 0 radical (unpaired) electrons. The summed E-state index contributed by atoms with van der Waals surface area (Å²) in [4.78, 5) is 0. The fraction of sp³-hybridized carbons (Fsp3) is 0.833. The topological polar surface area (TPSA) is 9.23 Å². The fourth-order valence-electron chi connectivity index (χ4n) is 4.94. The van der Waals surface area contributed by atoms with Crippen molar-refractivity contribution < 1.29 is 4.74 Å². The van der Waals surface area contributed by atoms with Gasteiger partial charge in [-0.05, 0) is 24.7 Å². The molecule has 0 N–H and O–H groups in total. The van der Waals surface area contributed by atoms with Gasteiger partial charge in [0.2, 0.25) is 0 Å². The van der Waals surface area contributed by atoms with Crippen LogP contribution >= 0.6 is 0 Å². The molecule has 4 aliphatic carbocycles. The van der Waals surface area contributed by atoms with Crippen LogP contribution in [0.1, 0.15) is 19.3 Å². The minimum atomic E-state index is 0.315. The highest BCUT2D eigenvalue weighted by Crippen LogP contribution is 2.76. The molecular formula is C12H16O. The van der Waals surface area contributed by atoms with Crippen molar-refractivity contribution in [2.24, 2.45) is 29.6 Å². The first-order valence-electron chi connectivity index (χ1n) is 5.63. The molecule has 0 aromatic carbocycles. The first-order valence-corrected chi connectivity index (χ1v) is 5.63. The molecule has 3 fully saturated rings. The summed E-state index contributed by atoms with van der Waals surface area (Å²) in [5.41, 5.74) is 0.315.